The lowest BCUT2D eigenvalue weighted by Gasteiger charge is -2.36. The van der Waals surface area contributed by atoms with Gasteiger partial charge in [0, 0.05) is 24.2 Å². The van der Waals surface area contributed by atoms with Crippen molar-refractivity contribution in [1.82, 2.24) is 9.62 Å². The first kappa shape index (κ1) is 28.4. The van der Waals surface area contributed by atoms with E-state index in [1.165, 1.54) is 28.6 Å². The largest absolute Gasteiger partial charge is 0.455 e. The normalized spacial score (nSPS) is 17.1. The molecule has 0 spiro atoms. The van der Waals surface area contributed by atoms with Crippen molar-refractivity contribution >= 4 is 49.3 Å². The third-order valence-corrected chi connectivity index (χ3v) is 9.38. The topological polar surface area (TPSA) is 87.7 Å². The Balaban J connectivity index is 1.50. The Morgan fingerprint density at radius 3 is 2.39 bits per heavy atom. The van der Waals surface area contributed by atoms with Crippen LogP contribution in [-0.4, -0.2) is 37.9 Å². The molecule has 4 rings (SSSR count). The van der Waals surface area contributed by atoms with Crippen LogP contribution in [0.1, 0.15) is 38.2 Å². The van der Waals surface area contributed by atoms with Crippen molar-refractivity contribution in [2.75, 3.05) is 18.4 Å². The van der Waals surface area contributed by atoms with E-state index in [9.17, 15) is 17.6 Å². The summed E-state index contributed by atoms with van der Waals surface area (Å²) in [5.41, 5.74) is 1.22. The highest BCUT2D eigenvalue weighted by Crippen LogP contribution is 2.38. The van der Waals surface area contributed by atoms with E-state index in [2.05, 4.69) is 26.6 Å². The summed E-state index contributed by atoms with van der Waals surface area (Å²) in [5.74, 6) is 0.653. The quantitative estimate of drug-likeness (QED) is 0.265. The van der Waals surface area contributed by atoms with Crippen molar-refractivity contribution in [2.45, 2.75) is 43.5 Å². The van der Waals surface area contributed by atoms with Gasteiger partial charge in [-0.05, 0) is 94.9 Å². The number of amides is 2. The van der Waals surface area contributed by atoms with Crippen LogP contribution in [0.3, 0.4) is 0 Å². The number of benzene rings is 3. The molecule has 2 N–H and O–H groups in total. The van der Waals surface area contributed by atoms with Crippen LogP contribution < -0.4 is 15.4 Å². The lowest BCUT2D eigenvalue weighted by Crippen LogP contribution is -2.45. The van der Waals surface area contributed by atoms with Gasteiger partial charge in [0.2, 0.25) is 10.0 Å². The zero-order valence-electron chi connectivity index (χ0n) is 20.9. The van der Waals surface area contributed by atoms with Crippen molar-refractivity contribution in [3.05, 3.63) is 81.5 Å². The average molecular weight is 625 g/mol. The summed E-state index contributed by atoms with van der Waals surface area (Å²) in [6.45, 7) is 4.17. The molecule has 11 heteroatoms. The molecular weight excluding hydrogens is 597 g/mol. The standard InChI is InChI=1S/C27H28BrClFN3O4S/c1-3-33(4-2)38(35,36)22-10-12-26(37-21-8-6-19(29)7-9-21)25(16-22)32-27(34)31-20-13-18(14-20)17-5-11-24(30)23(28)15-17/h5-12,15-16,18,20H,3-4,13-14H2,1-2H3,(H2,31,32,34). The van der Waals surface area contributed by atoms with E-state index >= 15 is 0 Å². The van der Waals surface area contributed by atoms with Gasteiger partial charge in [-0.25, -0.2) is 17.6 Å². The molecule has 0 unspecified atom stereocenters. The van der Waals surface area contributed by atoms with Gasteiger partial charge in [-0.2, -0.15) is 4.31 Å². The fraction of sp³-hybridized carbons (Fsp3) is 0.296. The minimum atomic E-state index is -3.76. The summed E-state index contributed by atoms with van der Waals surface area (Å²) in [4.78, 5) is 12.9. The molecule has 0 saturated heterocycles. The molecule has 1 fully saturated rings. The Morgan fingerprint density at radius 2 is 1.76 bits per heavy atom. The van der Waals surface area contributed by atoms with Gasteiger partial charge in [0.05, 0.1) is 15.1 Å². The van der Waals surface area contributed by atoms with Gasteiger partial charge in [0.1, 0.15) is 11.6 Å². The second kappa shape index (κ2) is 12.0. The van der Waals surface area contributed by atoms with Gasteiger partial charge >= 0.3 is 6.03 Å². The molecule has 3 aromatic carbocycles. The molecule has 0 radical (unpaired) electrons. The van der Waals surface area contributed by atoms with Gasteiger partial charge in [0.15, 0.2) is 5.75 Å². The Kier molecular flexibility index (Phi) is 8.97. The number of urea groups is 1. The minimum absolute atomic E-state index is 0.0468. The third-order valence-electron chi connectivity index (χ3n) is 6.47. The van der Waals surface area contributed by atoms with E-state index in [1.54, 1.807) is 50.2 Å². The summed E-state index contributed by atoms with van der Waals surface area (Å²) < 4.78 is 47.5. The first-order valence-corrected chi connectivity index (χ1v) is 14.8. The predicted molar refractivity (Wildman–Crippen MR) is 150 cm³/mol. The highest BCUT2D eigenvalue weighted by molar-refractivity contribution is 9.10. The summed E-state index contributed by atoms with van der Waals surface area (Å²) in [6, 6.07) is 15.5. The molecule has 1 saturated carbocycles. The van der Waals surface area contributed by atoms with Crippen molar-refractivity contribution in [2.24, 2.45) is 0 Å². The van der Waals surface area contributed by atoms with Crippen molar-refractivity contribution < 1.29 is 22.3 Å². The number of rotatable bonds is 9. The zero-order valence-corrected chi connectivity index (χ0v) is 24.0. The molecule has 38 heavy (non-hydrogen) atoms. The molecule has 0 atom stereocenters. The molecule has 3 aromatic rings. The van der Waals surface area contributed by atoms with E-state index in [0.717, 1.165) is 5.56 Å². The van der Waals surface area contributed by atoms with E-state index in [0.29, 0.717) is 41.2 Å². The van der Waals surface area contributed by atoms with Crippen LogP contribution in [0.15, 0.2) is 70.0 Å². The van der Waals surface area contributed by atoms with Crippen molar-refractivity contribution in [1.29, 1.82) is 0 Å². The van der Waals surface area contributed by atoms with Gasteiger partial charge in [-0.3, -0.25) is 0 Å². The van der Waals surface area contributed by atoms with E-state index in [1.807, 2.05) is 0 Å². The summed E-state index contributed by atoms with van der Waals surface area (Å²) in [5, 5.41) is 6.23. The second-order valence-electron chi connectivity index (χ2n) is 8.94. The number of ether oxygens (including phenoxy) is 1. The summed E-state index contributed by atoms with van der Waals surface area (Å²) in [6.07, 6.45) is 1.41. The van der Waals surface area contributed by atoms with E-state index in [4.69, 9.17) is 16.3 Å². The Labute approximate surface area is 235 Å². The van der Waals surface area contributed by atoms with Crippen LogP contribution >= 0.6 is 27.5 Å². The van der Waals surface area contributed by atoms with Gasteiger partial charge < -0.3 is 15.4 Å². The van der Waals surface area contributed by atoms with Crippen LogP contribution in [0.25, 0.3) is 0 Å². The number of sulfonamides is 1. The molecule has 7 nitrogen and oxygen atoms in total. The average Bonchev–Trinajstić information content (AvgIpc) is 2.86. The molecule has 202 valence electrons. The first-order chi connectivity index (χ1) is 18.1. The van der Waals surface area contributed by atoms with Crippen LogP contribution in [0, 0.1) is 5.82 Å². The van der Waals surface area contributed by atoms with Gasteiger partial charge in [-0.1, -0.05) is 31.5 Å². The monoisotopic (exact) mass is 623 g/mol. The molecule has 2 amide bonds. The summed E-state index contributed by atoms with van der Waals surface area (Å²) in [7, 11) is -3.76. The number of nitrogens with zero attached hydrogens (tertiary/aromatic N) is 1. The van der Waals surface area contributed by atoms with Gasteiger partial charge in [0.25, 0.3) is 0 Å². The SMILES string of the molecule is CCN(CC)S(=O)(=O)c1ccc(Oc2ccc(Cl)cc2)c(NC(=O)NC2CC(c3ccc(F)c(Br)c3)C2)c1. The lowest BCUT2D eigenvalue weighted by atomic mass is 9.76. The maximum absolute atomic E-state index is 13.5. The fourth-order valence-corrected chi connectivity index (χ4v) is 6.32. The van der Waals surface area contributed by atoms with E-state index in [-0.39, 0.29) is 34.1 Å². The van der Waals surface area contributed by atoms with Crippen LogP contribution in [0.5, 0.6) is 11.5 Å². The molecule has 1 aliphatic carbocycles. The number of hydrogen-bond donors (Lipinski definition) is 2. The number of carbonyl (C=O) groups is 1. The number of carbonyl (C=O) groups excluding carboxylic acids is 1. The number of anilines is 1. The molecule has 1 aliphatic rings. The third kappa shape index (κ3) is 6.48. The van der Waals surface area contributed by atoms with Crippen LogP contribution in [-0.2, 0) is 10.0 Å². The minimum Gasteiger partial charge on any atom is -0.455 e. The number of halogens is 3. The fourth-order valence-electron chi connectivity index (χ4n) is 4.32. The van der Waals surface area contributed by atoms with E-state index < -0.39 is 16.1 Å². The summed E-state index contributed by atoms with van der Waals surface area (Å²) >= 11 is 9.18. The highest BCUT2D eigenvalue weighted by Gasteiger charge is 2.32. The maximum atomic E-state index is 13.5. The van der Waals surface area contributed by atoms with Gasteiger partial charge in [-0.15, -0.1) is 0 Å². The first-order valence-electron chi connectivity index (χ1n) is 12.2. The van der Waals surface area contributed by atoms with Crippen LogP contribution in [0.2, 0.25) is 5.02 Å². The zero-order chi connectivity index (χ0) is 27.4. The maximum Gasteiger partial charge on any atom is 0.319 e. The molecular formula is C27H28BrClFN3O4S. The van der Waals surface area contributed by atoms with Crippen LogP contribution in [0.4, 0.5) is 14.9 Å². The molecule has 0 aromatic heterocycles. The molecule has 0 heterocycles. The molecule has 0 aliphatic heterocycles. The number of nitrogens with one attached hydrogen (secondary N) is 2. The number of hydrogen-bond acceptors (Lipinski definition) is 4. The molecule has 0 bridgehead atoms. The Bertz CT molecular complexity index is 1410. The smallest absolute Gasteiger partial charge is 0.319 e. The Morgan fingerprint density at radius 1 is 1.08 bits per heavy atom. The van der Waals surface area contributed by atoms with Crippen molar-refractivity contribution in [3.63, 3.8) is 0 Å². The Hall–Kier alpha value is -2.66. The second-order valence-corrected chi connectivity index (χ2v) is 12.2. The lowest BCUT2D eigenvalue weighted by molar-refractivity contribution is 0.233. The predicted octanol–water partition coefficient (Wildman–Crippen LogP) is 7.13. The highest BCUT2D eigenvalue weighted by atomic mass is 79.9. The van der Waals surface area contributed by atoms with Crippen molar-refractivity contribution in [3.8, 4) is 11.5 Å².